The van der Waals surface area contributed by atoms with Crippen LogP contribution in [0.25, 0.3) is 5.69 Å². The molecule has 0 aliphatic heterocycles. The number of nitro benzene ring substituents is 1. The van der Waals surface area contributed by atoms with Crippen molar-refractivity contribution in [3.63, 3.8) is 0 Å². The van der Waals surface area contributed by atoms with Gasteiger partial charge in [0.15, 0.2) is 5.82 Å². The number of amides is 1. The Morgan fingerprint density at radius 2 is 1.92 bits per heavy atom. The molecule has 11 heteroatoms. The zero-order valence-corrected chi connectivity index (χ0v) is 14.5. The average molecular weight is 393 g/mol. The maximum absolute atomic E-state index is 12.2. The standard InChI is InChI=1S/C15H10Cl2N6O3/c16-10-2-4-11(5-3-10)22-14(19-20-21-22)8-18-15(24)9-1-6-12(17)13(7-9)23(25)26/h1-7H,8H2,(H,18,24). The molecule has 3 rings (SSSR count). The largest absolute Gasteiger partial charge is 0.345 e. The topological polar surface area (TPSA) is 116 Å². The Morgan fingerprint density at radius 3 is 2.62 bits per heavy atom. The van der Waals surface area contributed by atoms with Gasteiger partial charge in [-0.15, -0.1) is 5.10 Å². The zero-order valence-electron chi connectivity index (χ0n) is 13.0. The zero-order chi connectivity index (χ0) is 18.7. The molecule has 0 unspecified atom stereocenters. The van der Waals surface area contributed by atoms with Crippen molar-refractivity contribution in [1.29, 1.82) is 0 Å². The van der Waals surface area contributed by atoms with Gasteiger partial charge in [0.25, 0.3) is 11.6 Å². The normalized spacial score (nSPS) is 10.5. The van der Waals surface area contributed by atoms with Crippen molar-refractivity contribution in [1.82, 2.24) is 25.5 Å². The second kappa shape index (κ2) is 7.46. The van der Waals surface area contributed by atoms with Gasteiger partial charge < -0.3 is 5.32 Å². The summed E-state index contributed by atoms with van der Waals surface area (Å²) < 4.78 is 1.45. The molecule has 1 N–H and O–H groups in total. The Balaban J connectivity index is 1.75. The molecule has 0 fully saturated rings. The summed E-state index contributed by atoms with van der Waals surface area (Å²) in [5.74, 6) is -0.139. The van der Waals surface area contributed by atoms with Gasteiger partial charge >= 0.3 is 0 Å². The molecule has 1 heterocycles. The molecule has 2 aromatic carbocycles. The first kappa shape index (κ1) is 17.8. The van der Waals surface area contributed by atoms with Crippen LogP contribution < -0.4 is 5.32 Å². The summed E-state index contributed by atoms with van der Waals surface area (Å²) in [6, 6.07) is 10.6. The minimum Gasteiger partial charge on any atom is -0.345 e. The second-order valence-electron chi connectivity index (χ2n) is 5.09. The SMILES string of the molecule is O=C(NCc1nnnn1-c1ccc(Cl)cc1)c1ccc(Cl)c([N+](=O)[O-])c1. The lowest BCUT2D eigenvalue weighted by atomic mass is 10.2. The molecule has 3 aromatic rings. The highest BCUT2D eigenvalue weighted by Crippen LogP contribution is 2.25. The molecule has 0 atom stereocenters. The summed E-state index contributed by atoms with van der Waals surface area (Å²) in [4.78, 5) is 22.5. The molecule has 0 radical (unpaired) electrons. The number of halogens is 2. The number of carbonyl (C=O) groups is 1. The first-order valence-corrected chi connectivity index (χ1v) is 7.96. The summed E-state index contributed by atoms with van der Waals surface area (Å²) in [5.41, 5.74) is 0.433. The van der Waals surface area contributed by atoms with Gasteiger partial charge in [-0.05, 0) is 46.8 Å². The molecule has 0 saturated carbocycles. The lowest BCUT2D eigenvalue weighted by Gasteiger charge is -2.07. The maximum atomic E-state index is 12.2. The number of hydrogen-bond donors (Lipinski definition) is 1. The van der Waals surface area contributed by atoms with Crippen LogP contribution in [0.1, 0.15) is 16.2 Å². The van der Waals surface area contributed by atoms with Gasteiger partial charge in [-0.2, -0.15) is 4.68 Å². The highest BCUT2D eigenvalue weighted by Gasteiger charge is 2.17. The molecule has 1 amide bonds. The smallest absolute Gasteiger partial charge is 0.288 e. The van der Waals surface area contributed by atoms with Crippen LogP contribution in [0.4, 0.5) is 5.69 Å². The number of tetrazole rings is 1. The van der Waals surface area contributed by atoms with Gasteiger partial charge in [-0.3, -0.25) is 14.9 Å². The molecule has 26 heavy (non-hydrogen) atoms. The maximum Gasteiger partial charge on any atom is 0.288 e. The van der Waals surface area contributed by atoms with Crippen molar-refractivity contribution >= 4 is 34.8 Å². The number of carbonyl (C=O) groups excluding carboxylic acids is 1. The predicted octanol–water partition coefficient (Wildman–Crippen LogP) is 2.81. The Bertz CT molecular complexity index is 974. The van der Waals surface area contributed by atoms with Crippen molar-refractivity contribution in [3.8, 4) is 5.69 Å². The molecular weight excluding hydrogens is 383 g/mol. The quantitative estimate of drug-likeness (QED) is 0.526. The number of hydrogen-bond acceptors (Lipinski definition) is 6. The Kier molecular flexibility index (Phi) is 5.10. The minimum atomic E-state index is -0.653. The lowest BCUT2D eigenvalue weighted by Crippen LogP contribution is -2.24. The van der Waals surface area contributed by atoms with E-state index in [1.54, 1.807) is 24.3 Å². The van der Waals surface area contributed by atoms with Gasteiger partial charge in [0.1, 0.15) is 5.02 Å². The number of nitrogens with zero attached hydrogens (tertiary/aromatic N) is 5. The van der Waals surface area contributed by atoms with E-state index in [-0.39, 0.29) is 22.8 Å². The van der Waals surface area contributed by atoms with Crippen LogP contribution >= 0.6 is 23.2 Å². The van der Waals surface area contributed by atoms with Crippen molar-refractivity contribution in [3.05, 3.63) is 74.0 Å². The van der Waals surface area contributed by atoms with Crippen LogP contribution in [-0.2, 0) is 6.54 Å². The van der Waals surface area contributed by atoms with E-state index in [1.165, 1.54) is 16.8 Å². The molecular formula is C15H10Cl2N6O3. The van der Waals surface area contributed by atoms with Crippen LogP contribution in [-0.4, -0.2) is 31.0 Å². The number of nitro groups is 1. The highest BCUT2D eigenvalue weighted by atomic mass is 35.5. The van der Waals surface area contributed by atoms with E-state index in [4.69, 9.17) is 23.2 Å². The van der Waals surface area contributed by atoms with Crippen molar-refractivity contribution in [2.45, 2.75) is 6.54 Å². The molecule has 9 nitrogen and oxygen atoms in total. The predicted molar refractivity (Wildman–Crippen MR) is 93.4 cm³/mol. The summed E-state index contributed by atoms with van der Waals surface area (Å²) in [6.07, 6.45) is 0. The first-order chi connectivity index (χ1) is 12.5. The van der Waals surface area contributed by atoms with Gasteiger partial charge in [0.2, 0.25) is 0 Å². The first-order valence-electron chi connectivity index (χ1n) is 7.21. The number of nitrogens with one attached hydrogen (secondary N) is 1. The summed E-state index contributed by atoms with van der Waals surface area (Å²) >= 11 is 11.6. The van der Waals surface area contributed by atoms with Crippen molar-refractivity contribution in [2.75, 3.05) is 0 Å². The number of rotatable bonds is 5. The van der Waals surface area contributed by atoms with Gasteiger partial charge in [0.05, 0.1) is 17.2 Å². The number of aromatic nitrogens is 4. The van der Waals surface area contributed by atoms with E-state index in [0.29, 0.717) is 16.5 Å². The molecule has 0 saturated heterocycles. The van der Waals surface area contributed by atoms with Gasteiger partial charge in [-0.1, -0.05) is 23.2 Å². The van der Waals surface area contributed by atoms with Crippen LogP contribution in [0.15, 0.2) is 42.5 Å². The molecule has 132 valence electrons. The van der Waals surface area contributed by atoms with E-state index in [0.717, 1.165) is 6.07 Å². The van der Waals surface area contributed by atoms with Crippen LogP contribution in [0.5, 0.6) is 0 Å². The van der Waals surface area contributed by atoms with E-state index >= 15 is 0 Å². The third-order valence-corrected chi connectivity index (χ3v) is 3.99. The van der Waals surface area contributed by atoms with Gasteiger partial charge in [0, 0.05) is 16.7 Å². The summed E-state index contributed by atoms with van der Waals surface area (Å²) in [7, 11) is 0. The molecule has 1 aromatic heterocycles. The Hall–Kier alpha value is -3.04. The fourth-order valence-electron chi connectivity index (χ4n) is 2.15. The average Bonchev–Trinajstić information content (AvgIpc) is 3.09. The Labute approximate surface area is 156 Å². The van der Waals surface area contributed by atoms with E-state index in [9.17, 15) is 14.9 Å². The number of benzene rings is 2. The fourth-order valence-corrected chi connectivity index (χ4v) is 2.47. The van der Waals surface area contributed by atoms with E-state index < -0.39 is 10.8 Å². The van der Waals surface area contributed by atoms with E-state index in [1.807, 2.05) is 0 Å². The molecule has 0 aliphatic rings. The molecule has 0 bridgehead atoms. The van der Waals surface area contributed by atoms with Gasteiger partial charge in [-0.25, -0.2) is 0 Å². The van der Waals surface area contributed by atoms with Crippen molar-refractivity contribution in [2.24, 2.45) is 0 Å². The van der Waals surface area contributed by atoms with Crippen LogP contribution in [0.2, 0.25) is 10.0 Å². The second-order valence-corrected chi connectivity index (χ2v) is 5.93. The molecule has 0 aliphatic carbocycles. The molecule has 0 spiro atoms. The Morgan fingerprint density at radius 1 is 1.19 bits per heavy atom. The summed E-state index contributed by atoms with van der Waals surface area (Å²) in [6.45, 7) is 0.0187. The third kappa shape index (κ3) is 3.79. The lowest BCUT2D eigenvalue weighted by molar-refractivity contribution is -0.384. The minimum absolute atomic E-state index is 0.0187. The van der Waals surface area contributed by atoms with E-state index in [2.05, 4.69) is 20.8 Å². The van der Waals surface area contributed by atoms with Crippen LogP contribution in [0.3, 0.4) is 0 Å². The summed E-state index contributed by atoms with van der Waals surface area (Å²) in [5, 5.41) is 25.4. The third-order valence-electron chi connectivity index (χ3n) is 3.42. The van der Waals surface area contributed by atoms with Crippen molar-refractivity contribution < 1.29 is 9.72 Å². The highest BCUT2D eigenvalue weighted by molar-refractivity contribution is 6.32. The van der Waals surface area contributed by atoms with Crippen LogP contribution in [0, 0.1) is 10.1 Å². The monoisotopic (exact) mass is 392 g/mol. The fraction of sp³-hybridized carbons (Fsp3) is 0.0667.